The summed E-state index contributed by atoms with van der Waals surface area (Å²) in [5.41, 5.74) is 3.46. The highest BCUT2D eigenvalue weighted by Gasteiger charge is 2.29. The Morgan fingerprint density at radius 2 is 2.32 bits per heavy atom. The van der Waals surface area contributed by atoms with Crippen molar-refractivity contribution in [2.24, 2.45) is 5.84 Å². The number of hydrazine groups is 1. The van der Waals surface area contributed by atoms with Crippen LogP contribution in [0.1, 0.15) is 53.2 Å². The van der Waals surface area contributed by atoms with Gasteiger partial charge in [-0.25, -0.2) is 5.84 Å². The van der Waals surface area contributed by atoms with Crippen molar-refractivity contribution >= 4 is 17.2 Å². The highest BCUT2D eigenvalue weighted by atomic mass is 32.1. The molecule has 0 radical (unpaired) electrons. The molecule has 1 aromatic heterocycles. The minimum atomic E-state index is -0.194. The number of aryl methyl sites for hydroxylation is 1. The molecule has 0 bridgehead atoms. The lowest BCUT2D eigenvalue weighted by molar-refractivity contribution is 0.0957. The first-order valence-corrected chi connectivity index (χ1v) is 7.74. The zero-order valence-electron chi connectivity index (χ0n) is 11.9. The SMILES string of the molecule is CCC1CCC(C)N1Cc1cc(C(=O)NN)sc1C. The molecule has 1 aliphatic rings. The Morgan fingerprint density at radius 3 is 2.95 bits per heavy atom. The zero-order valence-corrected chi connectivity index (χ0v) is 12.7. The monoisotopic (exact) mass is 281 g/mol. The summed E-state index contributed by atoms with van der Waals surface area (Å²) in [6.07, 6.45) is 3.76. The average molecular weight is 281 g/mol. The van der Waals surface area contributed by atoms with Crippen LogP contribution >= 0.6 is 11.3 Å². The van der Waals surface area contributed by atoms with E-state index in [4.69, 9.17) is 5.84 Å². The molecule has 2 unspecified atom stereocenters. The van der Waals surface area contributed by atoms with Crippen molar-refractivity contribution in [3.8, 4) is 0 Å². The number of carbonyl (C=O) groups excluding carboxylic acids is 1. The van der Waals surface area contributed by atoms with E-state index in [0.717, 1.165) is 6.54 Å². The molecule has 106 valence electrons. The normalized spacial score (nSPS) is 23.8. The number of nitrogens with two attached hydrogens (primary N) is 1. The summed E-state index contributed by atoms with van der Waals surface area (Å²) in [5.74, 6) is 5.00. The van der Waals surface area contributed by atoms with Gasteiger partial charge in [-0.15, -0.1) is 11.3 Å². The number of nitrogen functional groups attached to an aromatic ring is 1. The van der Waals surface area contributed by atoms with Gasteiger partial charge in [0.2, 0.25) is 0 Å². The van der Waals surface area contributed by atoms with Crippen LogP contribution in [0.15, 0.2) is 6.07 Å². The van der Waals surface area contributed by atoms with E-state index in [1.54, 1.807) is 0 Å². The summed E-state index contributed by atoms with van der Waals surface area (Å²) in [4.78, 5) is 16.0. The van der Waals surface area contributed by atoms with Gasteiger partial charge in [-0.05, 0) is 44.7 Å². The van der Waals surface area contributed by atoms with Gasteiger partial charge >= 0.3 is 0 Å². The predicted octanol–water partition coefficient (Wildman–Crippen LogP) is 2.42. The molecule has 1 amide bonds. The molecule has 0 saturated carbocycles. The number of hydrogen-bond acceptors (Lipinski definition) is 4. The third-order valence-electron chi connectivity index (χ3n) is 4.15. The number of thiophene rings is 1. The molecule has 19 heavy (non-hydrogen) atoms. The molecule has 5 heteroatoms. The second-order valence-electron chi connectivity index (χ2n) is 5.33. The summed E-state index contributed by atoms with van der Waals surface area (Å²) >= 11 is 1.52. The van der Waals surface area contributed by atoms with Crippen LogP contribution in [0.5, 0.6) is 0 Å². The molecule has 1 aliphatic heterocycles. The third-order valence-corrected chi connectivity index (χ3v) is 5.24. The number of nitrogens with one attached hydrogen (secondary N) is 1. The molecular formula is C14H23N3OS. The average Bonchev–Trinajstić information content (AvgIpc) is 2.94. The van der Waals surface area contributed by atoms with Gasteiger partial charge in [-0.2, -0.15) is 0 Å². The van der Waals surface area contributed by atoms with Crippen molar-refractivity contribution in [3.05, 3.63) is 21.4 Å². The van der Waals surface area contributed by atoms with Gasteiger partial charge in [-0.3, -0.25) is 15.1 Å². The maximum absolute atomic E-state index is 11.6. The van der Waals surface area contributed by atoms with E-state index in [1.165, 1.54) is 41.0 Å². The molecule has 4 nitrogen and oxygen atoms in total. The van der Waals surface area contributed by atoms with Gasteiger partial charge in [0.25, 0.3) is 5.91 Å². The van der Waals surface area contributed by atoms with Crippen molar-refractivity contribution in [2.75, 3.05) is 0 Å². The number of nitrogens with zero attached hydrogens (tertiary/aromatic N) is 1. The summed E-state index contributed by atoms with van der Waals surface area (Å²) in [5, 5.41) is 0. The molecule has 3 N–H and O–H groups in total. The quantitative estimate of drug-likeness (QED) is 0.506. The second kappa shape index (κ2) is 6.03. The van der Waals surface area contributed by atoms with Crippen LogP contribution in [0.2, 0.25) is 0 Å². The van der Waals surface area contributed by atoms with E-state index < -0.39 is 0 Å². The third kappa shape index (κ3) is 2.99. The fraction of sp³-hybridized carbons (Fsp3) is 0.643. The molecule has 0 aromatic carbocycles. The van der Waals surface area contributed by atoms with Crippen LogP contribution in [0, 0.1) is 6.92 Å². The molecule has 1 saturated heterocycles. The molecule has 0 spiro atoms. The lowest BCUT2D eigenvalue weighted by Gasteiger charge is -2.27. The molecular weight excluding hydrogens is 258 g/mol. The zero-order chi connectivity index (χ0) is 14.0. The Labute approximate surface area is 118 Å². The lowest BCUT2D eigenvalue weighted by atomic mass is 10.1. The molecule has 2 atom stereocenters. The Hall–Kier alpha value is -0.910. The minimum Gasteiger partial charge on any atom is -0.293 e. The summed E-state index contributed by atoms with van der Waals surface area (Å²) in [6.45, 7) is 7.57. The van der Waals surface area contributed by atoms with Crippen LogP contribution in [-0.4, -0.2) is 22.9 Å². The van der Waals surface area contributed by atoms with Crippen molar-refractivity contribution in [1.29, 1.82) is 0 Å². The molecule has 2 rings (SSSR count). The fourth-order valence-corrected chi connectivity index (χ4v) is 3.84. The van der Waals surface area contributed by atoms with Crippen LogP contribution < -0.4 is 11.3 Å². The van der Waals surface area contributed by atoms with E-state index in [1.807, 2.05) is 6.07 Å². The fourth-order valence-electron chi connectivity index (χ4n) is 2.91. The van der Waals surface area contributed by atoms with Gasteiger partial charge < -0.3 is 0 Å². The number of amides is 1. The standard InChI is InChI=1S/C14H23N3OS/c1-4-12-6-5-9(2)17(12)8-11-7-13(14(18)16-15)19-10(11)3/h7,9,12H,4-6,8,15H2,1-3H3,(H,16,18). The smallest absolute Gasteiger partial charge is 0.275 e. The van der Waals surface area contributed by atoms with E-state index in [-0.39, 0.29) is 5.91 Å². The molecule has 1 aromatic rings. The number of hydrogen-bond donors (Lipinski definition) is 2. The Morgan fingerprint density at radius 1 is 1.58 bits per heavy atom. The van der Waals surface area contributed by atoms with E-state index in [0.29, 0.717) is 17.0 Å². The number of likely N-dealkylation sites (tertiary alicyclic amines) is 1. The maximum atomic E-state index is 11.6. The van der Waals surface area contributed by atoms with Crippen LogP contribution in [0.3, 0.4) is 0 Å². The van der Waals surface area contributed by atoms with Crippen LogP contribution in [0.25, 0.3) is 0 Å². The summed E-state index contributed by atoms with van der Waals surface area (Å²) in [6, 6.07) is 3.30. The Balaban J connectivity index is 2.14. The minimum absolute atomic E-state index is 0.194. The largest absolute Gasteiger partial charge is 0.293 e. The molecule has 2 heterocycles. The molecule has 0 aliphatic carbocycles. The number of rotatable bonds is 4. The van der Waals surface area contributed by atoms with Crippen molar-refractivity contribution < 1.29 is 4.79 Å². The van der Waals surface area contributed by atoms with Crippen LogP contribution in [0.4, 0.5) is 0 Å². The van der Waals surface area contributed by atoms with Crippen molar-refractivity contribution in [1.82, 2.24) is 10.3 Å². The first kappa shape index (κ1) is 14.5. The van der Waals surface area contributed by atoms with E-state index in [9.17, 15) is 4.79 Å². The van der Waals surface area contributed by atoms with Gasteiger partial charge in [-0.1, -0.05) is 6.92 Å². The maximum Gasteiger partial charge on any atom is 0.275 e. The topological polar surface area (TPSA) is 58.4 Å². The van der Waals surface area contributed by atoms with Gasteiger partial charge in [0.05, 0.1) is 4.88 Å². The van der Waals surface area contributed by atoms with E-state index >= 15 is 0 Å². The Kier molecular flexibility index (Phi) is 4.60. The van der Waals surface area contributed by atoms with Crippen LogP contribution in [-0.2, 0) is 6.54 Å². The molecule has 1 fully saturated rings. The van der Waals surface area contributed by atoms with Gasteiger partial charge in [0.1, 0.15) is 0 Å². The lowest BCUT2D eigenvalue weighted by Crippen LogP contribution is -2.33. The second-order valence-corrected chi connectivity index (χ2v) is 6.58. The Bertz CT molecular complexity index is 458. The van der Waals surface area contributed by atoms with Crippen molar-refractivity contribution in [3.63, 3.8) is 0 Å². The van der Waals surface area contributed by atoms with E-state index in [2.05, 4.69) is 31.1 Å². The van der Waals surface area contributed by atoms with Crippen molar-refractivity contribution in [2.45, 2.75) is 58.7 Å². The highest BCUT2D eigenvalue weighted by Crippen LogP contribution is 2.30. The first-order valence-electron chi connectivity index (χ1n) is 6.92. The summed E-state index contributed by atoms with van der Waals surface area (Å²) in [7, 11) is 0. The first-order chi connectivity index (χ1) is 9.06. The van der Waals surface area contributed by atoms with Gasteiger partial charge in [0.15, 0.2) is 0 Å². The predicted molar refractivity (Wildman–Crippen MR) is 79.0 cm³/mol. The van der Waals surface area contributed by atoms with Gasteiger partial charge in [0, 0.05) is 23.5 Å². The highest BCUT2D eigenvalue weighted by molar-refractivity contribution is 7.14. The number of carbonyl (C=O) groups is 1. The summed E-state index contributed by atoms with van der Waals surface area (Å²) < 4.78 is 0.